The molecule has 0 N–H and O–H groups in total. The van der Waals surface area contributed by atoms with E-state index < -0.39 is 0 Å². The first-order valence-electron chi connectivity index (χ1n) is 3.49. The lowest BCUT2D eigenvalue weighted by atomic mass is 10.2. The SMILES string of the molecule is C=CC1CCCN1/[N+]([O-])=N\[O-]. The van der Waals surface area contributed by atoms with Crippen LogP contribution in [0.2, 0.25) is 0 Å². The fourth-order valence-corrected chi connectivity index (χ4v) is 1.28. The van der Waals surface area contributed by atoms with Crippen LogP contribution < -0.4 is 0 Å². The lowest BCUT2D eigenvalue weighted by Crippen LogP contribution is -2.33. The van der Waals surface area contributed by atoms with Gasteiger partial charge in [-0.05, 0) is 18.1 Å². The van der Waals surface area contributed by atoms with Gasteiger partial charge >= 0.3 is 0 Å². The summed E-state index contributed by atoms with van der Waals surface area (Å²) in [6, 6.07) is -0.0230. The molecule has 0 aromatic heterocycles. The Morgan fingerprint density at radius 1 is 1.73 bits per heavy atom. The van der Waals surface area contributed by atoms with Crippen molar-refractivity contribution < 1.29 is 4.97 Å². The summed E-state index contributed by atoms with van der Waals surface area (Å²) in [5, 5.41) is 24.2. The van der Waals surface area contributed by atoms with E-state index >= 15 is 0 Å². The summed E-state index contributed by atoms with van der Waals surface area (Å²) in [7, 11) is 0. The third-order valence-corrected chi connectivity index (χ3v) is 1.83. The highest BCUT2D eigenvalue weighted by Crippen LogP contribution is 2.17. The summed E-state index contributed by atoms with van der Waals surface area (Å²) < 4.78 is 0. The highest BCUT2D eigenvalue weighted by molar-refractivity contribution is 4.88. The smallest absolute Gasteiger partial charge is 0.105 e. The van der Waals surface area contributed by atoms with E-state index in [0.29, 0.717) is 6.54 Å². The monoisotopic (exact) mass is 156 g/mol. The molecule has 5 nitrogen and oxygen atoms in total. The minimum Gasteiger partial charge on any atom is -0.737 e. The van der Waals surface area contributed by atoms with Crippen LogP contribution >= 0.6 is 0 Å². The molecule has 0 aromatic rings. The van der Waals surface area contributed by atoms with Gasteiger partial charge in [0.25, 0.3) is 0 Å². The number of rotatable bonds is 2. The molecular formula is C6H10N3O2-. The van der Waals surface area contributed by atoms with Crippen molar-refractivity contribution in [2.24, 2.45) is 5.28 Å². The van der Waals surface area contributed by atoms with Gasteiger partial charge in [0.1, 0.15) is 6.04 Å². The first-order valence-corrected chi connectivity index (χ1v) is 3.49. The quantitative estimate of drug-likeness (QED) is 0.259. The lowest BCUT2D eigenvalue weighted by Gasteiger charge is -2.17. The molecule has 1 aliphatic heterocycles. The van der Waals surface area contributed by atoms with Crippen LogP contribution in [0, 0.1) is 10.4 Å². The van der Waals surface area contributed by atoms with Gasteiger partial charge in [0, 0.05) is 4.97 Å². The molecule has 0 radical (unpaired) electrons. The molecule has 11 heavy (non-hydrogen) atoms. The molecule has 1 heterocycles. The maximum atomic E-state index is 10.7. The van der Waals surface area contributed by atoms with E-state index in [-0.39, 0.29) is 11.0 Å². The maximum absolute atomic E-state index is 10.7. The average molecular weight is 156 g/mol. The Hall–Kier alpha value is -1.26. The van der Waals surface area contributed by atoms with Crippen LogP contribution in [0.5, 0.6) is 0 Å². The molecule has 1 saturated heterocycles. The first-order chi connectivity index (χ1) is 5.29. The number of nitrogens with zero attached hydrogens (tertiary/aromatic N) is 3. The van der Waals surface area contributed by atoms with Gasteiger partial charge in [0.15, 0.2) is 0 Å². The van der Waals surface area contributed by atoms with E-state index in [2.05, 4.69) is 11.9 Å². The van der Waals surface area contributed by atoms with Gasteiger partial charge in [0.2, 0.25) is 0 Å². The van der Waals surface area contributed by atoms with Crippen molar-refractivity contribution in [3.05, 3.63) is 23.1 Å². The van der Waals surface area contributed by atoms with Crippen LogP contribution in [-0.2, 0) is 0 Å². The van der Waals surface area contributed by atoms with Crippen LogP contribution in [-0.4, -0.2) is 22.6 Å². The minimum absolute atomic E-state index is 0.0230. The summed E-state index contributed by atoms with van der Waals surface area (Å²) in [4.78, 5) is 0.0966. The fraction of sp³-hybridized carbons (Fsp3) is 0.667. The standard InChI is InChI=1S/C6H11N3O2/c1-2-6-4-3-5-8(6)9(11)7-10/h2,6,10H,1,3-5H2/p-1/b9-7+. The third kappa shape index (κ3) is 1.42. The Morgan fingerprint density at radius 2 is 2.45 bits per heavy atom. The summed E-state index contributed by atoms with van der Waals surface area (Å²) in [6.07, 6.45) is 3.44. The largest absolute Gasteiger partial charge is 0.737 e. The number of hydrazine groups is 1. The van der Waals surface area contributed by atoms with Gasteiger partial charge in [-0.1, -0.05) is 6.08 Å². The van der Waals surface area contributed by atoms with Gasteiger partial charge in [-0.15, -0.1) is 11.6 Å². The van der Waals surface area contributed by atoms with E-state index in [9.17, 15) is 10.4 Å². The zero-order valence-electron chi connectivity index (χ0n) is 6.14. The van der Waals surface area contributed by atoms with E-state index in [4.69, 9.17) is 0 Å². The minimum atomic E-state index is -0.0230. The normalized spacial score (nSPS) is 25.6. The molecule has 0 spiro atoms. The Bertz CT molecular complexity index is 181. The number of hydrogen-bond donors (Lipinski definition) is 0. The van der Waals surface area contributed by atoms with E-state index in [0.717, 1.165) is 12.8 Å². The van der Waals surface area contributed by atoms with Crippen molar-refractivity contribution in [3.8, 4) is 0 Å². The van der Waals surface area contributed by atoms with Gasteiger partial charge < -0.3 is 10.4 Å². The molecule has 0 aromatic carbocycles. The molecule has 5 heteroatoms. The van der Waals surface area contributed by atoms with Crippen molar-refractivity contribution in [3.63, 3.8) is 0 Å². The van der Waals surface area contributed by atoms with Crippen LogP contribution in [0.15, 0.2) is 17.9 Å². The van der Waals surface area contributed by atoms with Gasteiger partial charge in [-0.3, -0.25) is 0 Å². The predicted octanol–water partition coefficient (Wildman–Crippen LogP) is 1.01. The topological polar surface area (TPSA) is 64.7 Å². The molecule has 0 bridgehead atoms. The van der Waals surface area contributed by atoms with Crippen molar-refractivity contribution >= 4 is 0 Å². The van der Waals surface area contributed by atoms with E-state index in [1.807, 2.05) is 0 Å². The zero-order valence-corrected chi connectivity index (χ0v) is 6.14. The Labute approximate surface area is 64.8 Å². The lowest BCUT2D eigenvalue weighted by molar-refractivity contribution is -0.691. The highest BCUT2D eigenvalue weighted by atomic mass is 16.6. The van der Waals surface area contributed by atoms with Gasteiger partial charge in [-0.25, -0.2) is 0 Å². The van der Waals surface area contributed by atoms with E-state index in [1.54, 1.807) is 6.08 Å². The third-order valence-electron chi connectivity index (χ3n) is 1.83. The van der Waals surface area contributed by atoms with E-state index in [1.165, 1.54) is 5.01 Å². The molecular weight excluding hydrogens is 146 g/mol. The summed E-state index contributed by atoms with van der Waals surface area (Å²) in [5.74, 6) is 0. The second-order valence-electron chi connectivity index (χ2n) is 2.44. The molecule has 0 saturated carbocycles. The van der Waals surface area contributed by atoms with Gasteiger partial charge in [-0.2, -0.15) is 0 Å². The van der Waals surface area contributed by atoms with Gasteiger partial charge in [0.05, 0.1) is 6.54 Å². The molecule has 1 atom stereocenters. The summed E-state index contributed by atoms with van der Waals surface area (Å²) >= 11 is 0. The fourth-order valence-electron chi connectivity index (χ4n) is 1.28. The van der Waals surface area contributed by atoms with Crippen LogP contribution in [0.3, 0.4) is 0 Å². The van der Waals surface area contributed by atoms with Crippen molar-refractivity contribution in [1.82, 2.24) is 5.01 Å². The van der Waals surface area contributed by atoms with Crippen LogP contribution in [0.25, 0.3) is 0 Å². The van der Waals surface area contributed by atoms with Crippen molar-refractivity contribution in [2.45, 2.75) is 18.9 Å². The van der Waals surface area contributed by atoms with Crippen molar-refractivity contribution in [2.75, 3.05) is 6.54 Å². The Morgan fingerprint density at radius 3 is 3.00 bits per heavy atom. The molecule has 1 rings (SSSR count). The zero-order chi connectivity index (χ0) is 8.27. The Kier molecular flexibility index (Phi) is 2.30. The highest BCUT2D eigenvalue weighted by Gasteiger charge is 2.27. The maximum Gasteiger partial charge on any atom is 0.105 e. The molecule has 0 aliphatic carbocycles. The van der Waals surface area contributed by atoms with Crippen LogP contribution in [0.1, 0.15) is 12.8 Å². The number of hydrogen-bond acceptors (Lipinski definition) is 3. The Balaban J connectivity index is 2.63. The average Bonchev–Trinajstić information content (AvgIpc) is 2.50. The molecule has 1 fully saturated rings. The second kappa shape index (κ2) is 3.23. The first kappa shape index (κ1) is 7.84. The van der Waals surface area contributed by atoms with Crippen molar-refractivity contribution in [1.29, 1.82) is 0 Å². The molecule has 1 unspecified atom stereocenters. The van der Waals surface area contributed by atoms with Crippen LogP contribution in [0.4, 0.5) is 0 Å². The summed E-state index contributed by atoms with van der Waals surface area (Å²) in [6.45, 7) is 4.15. The summed E-state index contributed by atoms with van der Waals surface area (Å²) in [5.41, 5.74) is 0. The molecule has 1 aliphatic rings. The molecule has 62 valence electrons. The second-order valence-corrected chi connectivity index (χ2v) is 2.44. The molecule has 0 amide bonds. The predicted molar refractivity (Wildman–Crippen MR) is 39.3 cm³/mol.